The Balaban J connectivity index is 1.22. The van der Waals surface area contributed by atoms with E-state index in [2.05, 4.69) is 24.3 Å². The van der Waals surface area contributed by atoms with Crippen LogP contribution in [0.1, 0.15) is 36.3 Å². The standard InChI is InChI=1S/C27H26N2O5/c30-25-24-13-16(9-10-17-11-12-23(26(31)32)29(17)25)14-28(24)27(33)34-15-22-20-7-3-1-5-18(20)19-6-2-4-8-21(19)22/h1-10,16-17,22-24H,11-15H2,(H,31,32)/t16-,17+,23-,24-/m0/s1. The van der Waals surface area contributed by atoms with E-state index < -0.39 is 24.1 Å². The Morgan fingerprint density at radius 3 is 2.32 bits per heavy atom. The van der Waals surface area contributed by atoms with Crippen LogP contribution in [0.3, 0.4) is 0 Å². The molecule has 2 bridgehead atoms. The molecule has 0 aromatic heterocycles. The summed E-state index contributed by atoms with van der Waals surface area (Å²) in [7, 11) is 0. The van der Waals surface area contributed by atoms with Crippen molar-refractivity contribution in [3.05, 3.63) is 71.8 Å². The second-order valence-corrected chi connectivity index (χ2v) is 9.60. The molecule has 2 amide bonds. The van der Waals surface area contributed by atoms with Gasteiger partial charge in [-0.1, -0.05) is 60.7 Å². The highest BCUT2D eigenvalue weighted by Gasteiger charge is 2.49. The van der Waals surface area contributed by atoms with Gasteiger partial charge in [0.1, 0.15) is 18.7 Å². The molecule has 1 aliphatic carbocycles. The fourth-order valence-corrected chi connectivity index (χ4v) is 6.16. The summed E-state index contributed by atoms with van der Waals surface area (Å²) in [4.78, 5) is 41.4. The Kier molecular flexibility index (Phi) is 4.94. The Morgan fingerprint density at radius 1 is 0.971 bits per heavy atom. The van der Waals surface area contributed by atoms with Gasteiger partial charge in [0, 0.05) is 12.5 Å². The third kappa shape index (κ3) is 3.22. The number of carboxylic acids is 1. The molecule has 0 radical (unpaired) electrons. The van der Waals surface area contributed by atoms with Crippen molar-refractivity contribution in [1.82, 2.24) is 9.80 Å². The number of carboxylic acid groups (broad SMARTS) is 1. The number of fused-ring (bicyclic) bond motifs is 6. The molecule has 3 aliphatic heterocycles. The van der Waals surface area contributed by atoms with E-state index in [4.69, 9.17) is 4.74 Å². The van der Waals surface area contributed by atoms with Gasteiger partial charge in [0.2, 0.25) is 5.91 Å². The fourth-order valence-electron chi connectivity index (χ4n) is 6.16. The third-order valence-electron chi connectivity index (χ3n) is 7.76. The lowest BCUT2D eigenvalue weighted by molar-refractivity contribution is -0.150. The summed E-state index contributed by atoms with van der Waals surface area (Å²) in [6, 6.07) is 14.6. The van der Waals surface area contributed by atoms with E-state index in [0.29, 0.717) is 25.8 Å². The summed E-state index contributed by atoms with van der Waals surface area (Å²) in [6.07, 6.45) is 5.03. The first-order chi connectivity index (χ1) is 16.5. The van der Waals surface area contributed by atoms with Crippen molar-refractivity contribution in [1.29, 1.82) is 0 Å². The van der Waals surface area contributed by atoms with E-state index in [1.54, 1.807) is 0 Å². The maximum atomic E-state index is 13.4. The van der Waals surface area contributed by atoms with Crippen molar-refractivity contribution < 1.29 is 24.2 Å². The zero-order valence-electron chi connectivity index (χ0n) is 18.7. The van der Waals surface area contributed by atoms with Gasteiger partial charge in [0.25, 0.3) is 0 Å². The van der Waals surface area contributed by atoms with Gasteiger partial charge in [0.05, 0.1) is 6.04 Å². The second-order valence-electron chi connectivity index (χ2n) is 9.60. The van der Waals surface area contributed by atoms with Crippen molar-refractivity contribution in [3.63, 3.8) is 0 Å². The van der Waals surface area contributed by atoms with E-state index in [9.17, 15) is 19.5 Å². The van der Waals surface area contributed by atoms with Crippen molar-refractivity contribution in [2.24, 2.45) is 5.92 Å². The van der Waals surface area contributed by atoms with Crippen LogP contribution in [0, 0.1) is 5.92 Å². The lowest BCUT2D eigenvalue weighted by Crippen LogP contribution is -2.53. The largest absolute Gasteiger partial charge is 0.480 e. The Labute approximate surface area is 197 Å². The van der Waals surface area contributed by atoms with E-state index >= 15 is 0 Å². The van der Waals surface area contributed by atoms with Crippen molar-refractivity contribution >= 4 is 18.0 Å². The van der Waals surface area contributed by atoms with Crippen molar-refractivity contribution in [2.75, 3.05) is 13.2 Å². The molecule has 0 spiro atoms. The SMILES string of the molecule is O=C(O)[C@@H]1CC[C@H]2C=C[C@H]3C[C@@H](C(=O)N21)N(C(=O)OCC1c2ccccc2-c2ccccc21)C3. The van der Waals surface area contributed by atoms with Gasteiger partial charge in [-0.15, -0.1) is 0 Å². The Morgan fingerprint density at radius 2 is 1.65 bits per heavy atom. The van der Waals surface area contributed by atoms with Crippen LogP contribution in [0.25, 0.3) is 11.1 Å². The van der Waals surface area contributed by atoms with E-state index in [1.807, 2.05) is 36.4 Å². The second kappa shape index (κ2) is 8.01. The maximum absolute atomic E-state index is 13.4. The molecule has 7 nitrogen and oxygen atoms in total. The number of hydrogen-bond donors (Lipinski definition) is 1. The highest BCUT2D eigenvalue weighted by molar-refractivity contribution is 5.91. The van der Waals surface area contributed by atoms with E-state index in [0.717, 1.165) is 22.3 Å². The van der Waals surface area contributed by atoms with Gasteiger partial charge in [-0.25, -0.2) is 9.59 Å². The number of carbonyl (C=O) groups excluding carboxylic acids is 2. The zero-order valence-corrected chi connectivity index (χ0v) is 18.7. The fraction of sp³-hybridized carbons (Fsp3) is 0.370. The van der Waals surface area contributed by atoms with Crippen molar-refractivity contribution in [2.45, 2.75) is 43.3 Å². The molecule has 34 heavy (non-hydrogen) atoms. The lowest BCUT2D eigenvalue weighted by Gasteiger charge is -2.32. The molecule has 6 rings (SSSR count). The quantitative estimate of drug-likeness (QED) is 0.710. The number of likely N-dealkylation sites (tertiary alicyclic amines) is 1. The number of benzene rings is 2. The van der Waals surface area contributed by atoms with Crippen LogP contribution in [0.2, 0.25) is 0 Å². The molecule has 7 heteroatoms. The summed E-state index contributed by atoms with van der Waals surface area (Å²) in [5, 5.41) is 9.62. The average Bonchev–Trinajstić information content (AvgIpc) is 3.54. The molecule has 0 saturated carbocycles. The van der Waals surface area contributed by atoms with Crippen LogP contribution in [0.15, 0.2) is 60.7 Å². The van der Waals surface area contributed by atoms with Gasteiger partial charge in [-0.05, 0) is 47.4 Å². The van der Waals surface area contributed by atoms with Crippen LogP contribution in [0.4, 0.5) is 4.79 Å². The van der Waals surface area contributed by atoms with Crippen molar-refractivity contribution in [3.8, 4) is 11.1 Å². The summed E-state index contributed by atoms with van der Waals surface area (Å²) >= 11 is 0. The van der Waals surface area contributed by atoms with Crippen LogP contribution in [0.5, 0.6) is 0 Å². The molecule has 2 saturated heterocycles. The Hall–Kier alpha value is -3.61. The zero-order chi connectivity index (χ0) is 23.4. The molecule has 4 atom stereocenters. The molecule has 3 heterocycles. The first kappa shape index (κ1) is 21.0. The number of rotatable bonds is 3. The summed E-state index contributed by atoms with van der Waals surface area (Å²) in [6.45, 7) is 0.594. The molecule has 2 aromatic rings. The molecular formula is C27H26N2O5. The van der Waals surface area contributed by atoms with Gasteiger partial charge < -0.3 is 14.7 Å². The van der Waals surface area contributed by atoms with E-state index in [-0.39, 0.29) is 30.4 Å². The van der Waals surface area contributed by atoms with E-state index in [1.165, 1.54) is 9.80 Å². The molecule has 2 fully saturated rings. The number of hydrogen-bond acceptors (Lipinski definition) is 4. The molecule has 2 aromatic carbocycles. The molecule has 4 aliphatic rings. The lowest BCUT2D eigenvalue weighted by atomic mass is 9.98. The van der Waals surface area contributed by atoms with Crippen LogP contribution < -0.4 is 0 Å². The molecule has 0 unspecified atom stereocenters. The van der Waals surface area contributed by atoms with Gasteiger partial charge in [-0.2, -0.15) is 0 Å². The number of aliphatic carboxylic acids is 1. The topological polar surface area (TPSA) is 87.2 Å². The first-order valence-corrected chi connectivity index (χ1v) is 11.9. The average molecular weight is 459 g/mol. The number of carbonyl (C=O) groups is 3. The summed E-state index contributed by atoms with van der Waals surface area (Å²) in [5.74, 6) is -1.26. The monoisotopic (exact) mass is 458 g/mol. The molecule has 174 valence electrons. The summed E-state index contributed by atoms with van der Waals surface area (Å²) in [5.41, 5.74) is 4.58. The summed E-state index contributed by atoms with van der Waals surface area (Å²) < 4.78 is 5.82. The minimum absolute atomic E-state index is 0.0566. The number of nitrogens with zero attached hydrogens (tertiary/aromatic N) is 2. The van der Waals surface area contributed by atoms with Crippen LogP contribution in [-0.2, 0) is 14.3 Å². The normalized spacial score (nSPS) is 27.1. The third-order valence-corrected chi connectivity index (χ3v) is 7.76. The number of ether oxygens (including phenoxy) is 1. The minimum atomic E-state index is -0.993. The smallest absolute Gasteiger partial charge is 0.410 e. The predicted molar refractivity (Wildman–Crippen MR) is 124 cm³/mol. The predicted octanol–water partition coefficient (Wildman–Crippen LogP) is 3.64. The number of amides is 2. The Bertz CT molecular complexity index is 1160. The van der Waals surface area contributed by atoms with Gasteiger partial charge >= 0.3 is 12.1 Å². The van der Waals surface area contributed by atoms with Gasteiger partial charge in [-0.3, -0.25) is 9.69 Å². The highest BCUT2D eigenvalue weighted by Crippen LogP contribution is 2.44. The molecular weight excluding hydrogens is 432 g/mol. The van der Waals surface area contributed by atoms with Gasteiger partial charge in [0.15, 0.2) is 0 Å². The van der Waals surface area contributed by atoms with Crippen LogP contribution in [-0.4, -0.2) is 64.2 Å². The first-order valence-electron chi connectivity index (χ1n) is 11.9. The minimum Gasteiger partial charge on any atom is -0.480 e. The highest BCUT2D eigenvalue weighted by atomic mass is 16.6. The molecule has 1 N–H and O–H groups in total. The maximum Gasteiger partial charge on any atom is 0.410 e. The van der Waals surface area contributed by atoms with Crippen LogP contribution >= 0.6 is 0 Å².